The Hall–Kier alpha value is -2.14. The van der Waals surface area contributed by atoms with Gasteiger partial charge in [0.1, 0.15) is 17.4 Å². The van der Waals surface area contributed by atoms with Gasteiger partial charge in [0, 0.05) is 18.4 Å². The van der Waals surface area contributed by atoms with Crippen LogP contribution in [0.1, 0.15) is 47.0 Å². The molecule has 2 fully saturated rings. The Bertz CT molecular complexity index is 836. The van der Waals surface area contributed by atoms with Crippen LogP contribution in [-0.2, 0) is 9.59 Å². The number of ketones is 1. The van der Waals surface area contributed by atoms with E-state index in [1.165, 1.54) is 11.9 Å². The Morgan fingerprint density at radius 3 is 2.60 bits per heavy atom. The molecule has 0 spiro atoms. The van der Waals surface area contributed by atoms with Crippen molar-refractivity contribution < 1.29 is 19.8 Å². The number of rotatable bonds is 4. The zero-order valence-corrected chi connectivity index (χ0v) is 18.8. The third kappa shape index (κ3) is 3.47. The van der Waals surface area contributed by atoms with Crippen LogP contribution in [0.15, 0.2) is 47.3 Å². The van der Waals surface area contributed by atoms with Crippen molar-refractivity contribution in [2.75, 3.05) is 13.7 Å². The predicted molar refractivity (Wildman–Crippen MR) is 118 cm³/mol. The fourth-order valence-corrected chi connectivity index (χ4v) is 5.92. The molecule has 6 atom stereocenters. The Balaban J connectivity index is 2.19. The van der Waals surface area contributed by atoms with Crippen LogP contribution < -0.4 is 0 Å². The summed E-state index contributed by atoms with van der Waals surface area (Å²) in [4.78, 5) is 27.1. The summed E-state index contributed by atoms with van der Waals surface area (Å²) < 4.78 is 0. The molecular formula is C25H35NO4. The number of aliphatic hydroxyl groups is 2. The summed E-state index contributed by atoms with van der Waals surface area (Å²) in [6.45, 7) is 7.86. The number of carbonyl (C=O) groups is 2. The van der Waals surface area contributed by atoms with E-state index in [2.05, 4.69) is 26.0 Å². The van der Waals surface area contributed by atoms with E-state index in [9.17, 15) is 19.8 Å². The lowest BCUT2D eigenvalue weighted by molar-refractivity contribution is -0.126. The second-order valence-corrected chi connectivity index (χ2v) is 9.47. The topological polar surface area (TPSA) is 77.8 Å². The van der Waals surface area contributed by atoms with Gasteiger partial charge in [0.25, 0.3) is 5.91 Å². The van der Waals surface area contributed by atoms with E-state index in [0.717, 1.165) is 24.8 Å². The number of likely N-dealkylation sites (N-methyl/N-ethyl adjacent to an activating group) is 1. The van der Waals surface area contributed by atoms with Gasteiger partial charge < -0.3 is 15.1 Å². The third-order valence-electron chi connectivity index (χ3n) is 7.62. The van der Waals surface area contributed by atoms with E-state index in [-0.39, 0.29) is 23.2 Å². The van der Waals surface area contributed by atoms with Gasteiger partial charge in [0.15, 0.2) is 5.78 Å². The van der Waals surface area contributed by atoms with Gasteiger partial charge >= 0.3 is 0 Å². The number of hydrogen-bond donors (Lipinski definition) is 2. The lowest BCUT2D eigenvalue weighted by atomic mass is 9.52. The molecule has 5 heteroatoms. The maximum atomic E-state index is 13.0. The van der Waals surface area contributed by atoms with Crippen molar-refractivity contribution in [3.05, 3.63) is 47.3 Å². The molecule has 1 amide bonds. The summed E-state index contributed by atoms with van der Waals surface area (Å²) in [7, 11) is 1.50. The first-order valence-corrected chi connectivity index (χ1v) is 11.0. The molecule has 1 heterocycles. The van der Waals surface area contributed by atoms with Crippen molar-refractivity contribution in [1.82, 2.24) is 4.90 Å². The zero-order chi connectivity index (χ0) is 22.2. The summed E-state index contributed by atoms with van der Waals surface area (Å²) in [6.07, 6.45) is 13.4. The van der Waals surface area contributed by atoms with Crippen LogP contribution in [0.5, 0.6) is 0 Å². The van der Waals surface area contributed by atoms with Crippen molar-refractivity contribution >= 4 is 11.7 Å². The molecule has 0 radical (unpaired) electrons. The van der Waals surface area contributed by atoms with Gasteiger partial charge in [-0.1, -0.05) is 56.2 Å². The molecule has 1 saturated carbocycles. The van der Waals surface area contributed by atoms with Gasteiger partial charge in [-0.05, 0) is 44.4 Å². The van der Waals surface area contributed by atoms with Gasteiger partial charge in [-0.25, -0.2) is 0 Å². The van der Waals surface area contributed by atoms with Gasteiger partial charge in [-0.15, -0.1) is 0 Å². The van der Waals surface area contributed by atoms with E-state index in [1.54, 1.807) is 0 Å². The molecule has 5 nitrogen and oxygen atoms in total. The van der Waals surface area contributed by atoms with E-state index in [1.807, 2.05) is 32.1 Å². The maximum absolute atomic E-state index is 13.0. The van der Waals surface area contributed by atoms with E-state index >= 15 is 0 Å². The van der Waals surface area contributed by atoms with Crippen LogP contribution in [0, 0.1) is 29.1 Å². The number of hydrogen-bond acceptors (Lipinski definition) is 4. The fraction of sp³-hybridized carbons (Fsp3) is 0.600. The normalized spacial score (nSPS) is 39.1. The maximum Gasteiger partial charge on any atom is 0.261 e. The number of carbonyl (C=O) groups excluding carboxylic acids is 2. The molecule has 1 aliphatic heterocycles. The Labute approximate surface area is 179 Å². The summed E-state index contributed by atoms with van der Waals surface area (Å²) in [5.74, 6) is -0.128. The van der Waals surface area contributed by atoms with E-state index < -0.39 is 29.8 Å². The molecule has 0 aromatic rings. The molecule has 1 unspecified atom stereocenters. The molecular weight excluding hydrogens is 378 g/mol. The Kier molecular flexibility index (Phi) is 6.42. The first-order valence-electron chi connectivity index (χ1n) is 11.0. The van der Waals surface area contributed by atoms with Crippen molar-refractivity contribution in [2.45, 2.75) is 53.0 Å². The minimum atomic E-state index is -0.919. The summed E-state index contributed by atoms with van der Waals surface area (Å²) >= 11 is 0. The number of amides is 1. The molecule has 0 aromatic heterocycles. The highest BCUT2D eigenvalue weighted by Gasteiger charge is 2.55. The molecule has 2 N–H and O–H groups in total. The lowest BCUT2D eigenvalue weighted by Crippen LogP contribution is -2.46. The largest absolute Gasteiger partial charge is 0.511 e. The zero-order valence-electron chi connectivity index (χ0n) is 18.8. The highest BCUT2D eigenvalue weighted by molar-refractivity contribution is 6.26. The minimum absolute atomic E-state index is 0.104. The smallest absolute Gasteiger partial charge is 0.261 e. The fourth-order valence-electron chi connectivity index (χ4n) is 5.92. The van der Waals surface area contributed by atoms with Crippen molar-refractivity contribution in [3.63, 3.8) is 0 Å². The number of likely N-dealkylation sites (tertiary alicyclic amines) is 1. The first-order chi connectivity index (χ1) is 14.2. The van der Waals surface area contributed by atoms with Crippen molar-refractivity contribution in [2.24, 2.45) is 29.1 Å². The number of nitrogens with zero attached hydrogens (tertiary/aromatic N) is 1. The molecule has 2 aliphatic carbocycles. The molecule has 164 valence electrons. The first kappa shape index (κ1) is 22.5. The lowest BCUT2D eigenvalue weighted by Gasteiger charge is -2.52. The molecule has 0 aromatic carbocycles. The van der Waals surface area contributed by atoms with Gasteiger partial charge in [0.05, 0.1) is 6.61 Å². The van der Waals surface area contributed by atoms with Gasteiger partial charge in [-0.2, -0.15) is 0 Å². The third-order valence-corrected chi connectivity index (χ3v) is 7.62. The Morgan fingerprint density at radius 1 is 1.30 bits per heavy atom. The monoisotopic (exact) mass is 413 g/mol. The van der Waals surface area contributed by atoms with Crippen LogP contribution in [0.4, 0.5) is 0 Å². The molecule has 1 saturated heterocycles. The summed E-state index contributed by atoms with van der Waals surface area (Å²) in [6, 6.07) is -0.919. The number of aliphatic hydroxyl groups excluding tert-OH is 2. The SMILES string of the molecule is C/C=C/C=C/[C@H]1C(C)=CC2C[C@@H](C)CC[C@@H]2[C@@]1(C)/C(O)=C1\C(=O)[C@@H](CO)N(C)C1=O. The summed E-state index contributed by atoms with van der Waals surface area (Å²) in [5.41, 5.74) is 0.259. The Morgan fingerprint density at radius 2 is 2.00 bits per heavy atom. The van der Waals surface area contributed by atoms with Gasteiger partial charge in [0.2, 0.25) is 0 Å². The highest BCUT2D eigenvalue weighted by atomic mass is 16.3. The second-order valence-electron chi connectivity index (χ2n) is 9.47. The highest BCUT2D eigenvalue weighted by Crippen LogP contribution is 2.58. The second kappa shape index (κ2) is 8.54. The standard InChI is InChI=1S/C25H35NO4/c1-6-7-8-9-18-16(3)13-17-12-15(2)10-11-19(17)25(18,4)23(29)21-22(28)20(14-27)26(5)24(21)30/h6-9,13,15,17-20,27,29H,10-12,14H2,1-5H3/b7-6+,9-8+,23-21-/t15-,17?,18-,19-,20+,25-/m0/s1. The average Bonchev–Trinajstić information content (AvgIpc) is 2.91. The molecule has 3 rings (SSSR count). The van der Waals surface area contributed by atoms with Crippen molar-refractivity contribution in [1.29, 1.82) is 0 Å². The van der Waals surface area contributed by atoms with Crippen LogP contribution >= 0.6 is 0 Å². The quantitative estimate of drug-likeness (QED) is 0.240. The number of Topliss-reactive ketones (excluding diaryl/α,β-unsaturated/α-hetero) is 1. The number of fused-ring (bicyclic) bond motifs is 1. The van der Waals surface area contributed by atoms with Crippen LogP contribution in [0.3, 0.4) is 0 Å². The van der Waals surface area contributed by atoms with Crippen LogP contribution in [0.25, 0.3) is 0 Å². The molecule has 3 aliphatic rings. The van der Waals surface area contributed by atoms with Crippen LogP contribution in [0.2, 0.25) is 0 Å². The van der Waals surface area contributed by atoms with Gasteiger partial charge in [-0.3, -0.25) is 9.59 Å². The van der Waals surface area contributed by atoms with E-state index in [4.69, 9.17) is 0 Å². The molecule has 30 heavy (non-hydrogen) atoms. The molecule has 0 bridgehead atoms. The minimum Gasteiger partial charge on any atom is -0.511 e. The average molecular weight is 414 g/mol. The number of allylic oxidation sites excluding steroid dienone is 7. The predicted octanol–water partition coefficient (Wildman–Crippen LogP) is 3.97. The van der Waals surface area contributed by atoms with Crippen LogP contribution in [-0.4, -0.2) is 46.5 Å². The van der Waals surface area contributed by atoms with E-state index in [0.29, 0.717) is 11.8 Å². The van der Waals surface area contributed by atoms with Crippen molar-refractivity contribution in [3.8, 4) is 0 Å². The summed E-state index contributed by atoms with van der Waals surface area (Å²) in [5, 5.41) is 21.2.